The number of para-hydroxylation sites is 1. The average Bonchev–Trinajstić information content (AvgIpc) is 2.30. The van der Waals surface area contributed by atoms with E-state index in [4.69, 9.17) is 4.42 Å². The molecule has 0 N–H and O–H groups in total. The summed E-state index contributed by atoms with van der Waals surface area (Å²) in [6.45, 7) is 2.00. The van der Waals surface area contributed by atoms with E-state index < -0.39 is 0 Å². The van der Waals surface area contributed by atoms with E-state index in [9.17, 15) is 0 Å². The highest BCUT2D eigenvalue weighted by Gasteiger charge is 2.06. The molecule has 15 heavy (non-hydrogen) atoms. The van der Waals surface area contributed by atoms with Crippen molar-refractivity contribution in [1.82, 2.24) is 0 Å². The van der Waals surface area contributed by atoms with Gasteiger partial charge in [0.2, 0.25) is 0 Å². The van der Waals surface area contributed by atoms with Gasteiger partial charge in [-0.1, -0.05) is 36.4 Å². The maximum absolute atomic E-state index is 5.41. The van der Waals surface area contributed by atoms with Crippen LogP contribution in [-0.4, -0.2) is 0 Å². The molecular formula is C14H13O+. The smallest absolute Gasteiger partial charge is 0.216 e. The zero-order chi connectivity index (χ0) is 10.5. The number of fused-ring (bicyclic) bond motifs is 1. The van der Waals surface area contributed by atoms with E-state index in [1.165, 1.54) is 5.56 Å². The lowest BCUT2D eigenvalue weighted by molar-refractivity contribution is 0.603. The minimum Gasteiger partial charge on any atom is -0.216 e. The molecule has 0 spiro atoms. The van der Waals surface area contributed by atoms with Crippen molar-refractivity contribution in [2.45, 2.75) is 6.92 Å². The van der Waals surface area contributed by atoms with E-state index in [-0.39, 0.29) is 0 Å². The molecule has 74 valence electrons. The van der Waals surface area contributed by atoms with Gasteiger partial charge in [-0.25, -0.2) is 4.42 Å². The molecule has 0 bridgehead atoms. The van der Waals surface area contributed by atoms with Crippen LogP contribution in [0.1, 0.15) is 12.5 Å². The van der Waals surface area contributed by atoms with Gasteiger partial charge in [-0.15, -0.1) is 0 Å². The summed E-state index contributed by atoms with van der Waals surface area (Å²) in [7, 11) is 0. The van der Waals surface area contributed by atoms with Crippen LogP contribution in [0.15, 0.2) is 59.2 Å². The number of rotatable bonds is 2. The Hall–Kier alpha value is -1.89. The summed E-state index contributed by atoms with van der Waals surface area (Å²) in [5.74, 6) is 0. The van der Waals surface area contributed by atoms with Crippen molar-refractivity contribution < 1.29 is 4.42 Å². The fourth-order valence-electron chi connectivity index (χ4n) is 1.49. The summed E-state index contributed by atoms with van der Waals surface area (Å²) >= 11 is 0. The largest absolute Gasteiger partial charge is 0.360 e. The van der Waals surface area contributed by atoms with E-state index in [2.05, 4.69) is 12.1 Å². The van der Waals surface area contributed by atoms with Gasteiger partial charge < -0.3 is 0 Å². The fraction of sp³-hybridized carbons (Fsp3) is 0.0714. The summed E-state index contributed by atoms with van der Waals surface area (Å²) < 4.78 is 5.41. The summed E-state index contributed by atoms with van der Waals surface area (Å²) in [5.41, 5.74) is 2.09. The maximum atomic E-state index is 5.41. The molecule has 2 rings (SSSR count). The SMILES string of the molecule is CC=CC=Cc1cc[o+]c2ccccc12. The van der Waals surface area contributed by atoms with Crippen LogP contribution in [0, 0.1) is 0 Å². The molecule has 1 aromatic carbocycles. The fourth-order valence-corrected chi connectivity index (χ4v) is 1.49. The third kappa shape index (κ3) is 2.13. The molecule has 0 aliphatic carbocycles. The molecule has 2 aromatic rings. The molecular weight excluding hydrogens is 184 g/mol. The monoisotopic (exact) mass is 197 g/mol. The first kappa shape index (κ1) is 9.66. The van der Waals surface area contributed by atoms with E-state index in [1.807, 2.05) is 49.4 Å². The first-order chi connectivity index (χ1) is 7.42. The van der Waals surface area contributed by atoms with Gasteiger partial charge in [0.25, 0.3) is 0 Å². The Bertz CT molecular complexity index is 504. The van der Waals surface area contributed by atoms with Crippen molar-refractivity contribution in [3.8, 4) is 0 Å². The lowest BCUT2D eigenvalue weighted by atomic mass is 10.1. The highest BCUT2D eigenvalue weighted by atomic mass is 16.3. The minimum absolute atomic E-state index is 0.917. The van der Waals surface area contributed by atoms with Crippen LogP contribution >= 0.6 is 0 Å². The second-order valence-electron chi connectivity index (χ2n) is 3.26. The normalized spacial score (nSPS) is 11.8. The van der Waals surface area contributed by atoms with E-state index >= 15 is 0 Å². The maximum Gasteiger partial charge on any atom is 0.360 e. The van der Waals surface area contributed by atoms with E-state index in [0.29, 0.717) is 0 Å². The van der Waals surface area contributed by atoms with Crippen molar-refractivity contribution in [2.24, 2.45) is 0 Å². The van der Waals surface area contributed by atoms with Crippen molar-refractivity contribution in [2.75, 3.05) is 0 Å². The van der Waals surface area contributed by atoms with Gasteiger partial charge in [-0.2, -0.15) is 0 Å². The van der Waals surface area contributed by atoms with Gasteiger partial charge in [0.05, 0.1) is 5.39 Å². The van der Waals surface area contributed by atoms with Crippen LogP contribution < -0.4 is 0 Å². The molecule has 1 nitrogen and oxygen atoms in total. The van der Waals surface area contributed by atoms with Gasteiger partial charge in [-0.05, 0) is 18.6 Å². The average molecular weight is 197 g/mol. The van der Waals surface area contributed by atoms with Gasteiger partial charge >= 0.3 is 11.8 Å². The minimum atomic E-state index is 0.917. The van der Waals surface area contributed by atoms with Crippen molar-refractivity contribution in [1.29, 1.82) is 0 Å². The molecule has 0 saturated carbocycles. The van der Waals surface area contributed by atoms with Gasteiger partial charge in [-0.3, -0.25) is 0 Å². The molecule has 1 heterocycles. The predicted octanol–water partition coefficient (Wildman–Crippen LogP) is 4.30. The van der Waals surface area contributed by atoms with Crippen molar-refractivity contribution in [3.05, 3.63) is 60.4 Å². The molecule has 0 aliphatic rings. The first-order valence-corrected chi connectivity index (χ1v) is 5.01. The highest BCUT2D eigenvalue weighted by molar-refractivity contribution is 5.86. The van der Waals surface area contributed by atoms with Crippen LogP contribution in [0.3, 0.4) is 0 Å². The van der Waals surface area contributed by atoms with Crippen LogP contribution in [0.25, 0.3) is 17.0 Å². The quantitative estimate of drug-likeness (QED) is 0.516. The van der Waals surface area contributed by atoms with E-state index in [0.717, 1.165) is 11.0 Å². The lowest BCUT2D eigenvalue weighted by Crippen LogP contribution is -1.76. The Kier molecular flexibility index (Phi) is 2.93. The van der Waals surface area contributed by atoms with Crippen molar-refractivity contribution in [3.63, 3.8) is 0 Å². The zero-order valence-corrected chi connectivity index (χ0v) is 8.68. The molecule has 0 amide bonds. The molecule has 0 radical (unpaired) electrons. The zero-order valence-electron chi connectivity index (χ0n) is 8.68. The molecule has 0 saturated heterocycles. The topological polar surface area (TPSA) is 11.3 Å². The standard InChI is InChI=1S/C14H13O/c1-2-3-4-7-12-10-11-15-14-9-6-5-8-13(12)14/h2-11H,1H3/q+1. The predicted molar refractivity (Wildman–Crippen MR) is 64.5 cm³/mol. The van der Waals surface area contributed by atoms with Crippen molar-refractivity contribution >= 4 is 17.0 Å². The summed E-state index contributed by atoms with van der Waals surface area (Å²) in [6.07, 6.45) is 9.85. The third-order valence-corrected chi connectivity index (χ3v) is 2.22. The highest BCUT2D eigenvalue weighted by Crippen LogP contribution is 2.19. The molecule has 0 atom stereocenters. The Morgan fingerprint density at radius 2 is 1.93 bits per heavy atom. The molecule has 0 aliphatic heterocycles. The second-order valence-corrected chi connectivity index (χ2v) is 3.26. The van der Waals surface area contributed by atoms with Crippen LogP contribution in [-0.2, 0) is 0 Å². The van der Waals surface area contributed by atoms with Gasteiger partial charge in [0, 0.05) is 12.1 Å². The number of allylic oxidation sites excluding steroid dienone is 3. The third-order valence-electron chi connectivity index (χ3n) is 2.22. The second kappa shape index (κ2) is 4.56. The Balaban J connectivity index is 2.51. The first-order valence-electron chi connectivity index (χ1n) is 5.01. The Labute approximate surface area is 89.4 Å². The summed E-state index contributed by atoms with van der Waals surface area (Å²) in [6, 6.07) is 10.0. The molecule has 1 aromatic heterocycles. The van der Waals surface area contributed by atoms with Crippen LogP contribution in [0.2, 0.25) is 0 Å². The number of hydrogen-bond donors (Lipinski definition) is 0. The summed E-state index contributed by atoms with van der Waals surface area (Å²) in [4.78, 5) is 0. The van der Waals surface area contributed by atoms with Gasteiger partial charge in [0.15, 0.2) is 0 Å². The van der Waals surface area contributed by atoms with Crippen LogP contribution in [0.4, 0.5) is 0 Å². The van der Waals surface area contributed by atoms with Gasteiger partial charge in [0.1, 0.15) is 0 Å². The molecule has 0 unspecified atom stereocenters. The lowest BCUT2D eigenvalue weighted by Gasteiger charge is -1.92. The number of benzene rings is 1. The molecule has 1 heteroatoms. The Morgan fingerprint density at radius 1 is 1.07 bits per heavy atom. The van der Waals surface area contributed by atoms with E-state index in [1.54, 1.807) is 6.26 Å². The Morgan fingerprint density at radius 3 is 2.80 bits per heavy atom. The summed E-state index contributed by atoms with van der Waals surface area (Å²) in [5, 5.41) is 1.14. The van der Waals surface area contributed by atoms with Crippen LogP contribution in [0.5, 0.6) is 0 Å². The number of hydrogen-bond acceptors (Lipinski definition) is 0. The molecule has 0 fully saturated rings.